The molecule has 0 aliphatic rings. The number of Topliss-reactive ketones (excluding diaryl/α,β-unsaturated/α-hetero) is 1. The molecular weight excluding hydrogens is 266 g/mol. The van der Waals surface area contributed by atoms with Crippen LogP contribution in [0, 0.1) is 0 Å². The lowest BCUT2D eigenvalue weighted by atomic mass is 10.1. The van der Waals surface area contributed by atoms with E-state index in [0.29, 0.717) is 29.4 Å². The van der Waals surface area contributed by atoms with Crippen molar-refractivity contribution in [1.82, 2.24) is 0 Å². The maximum atomic E-state index is 11.3. The van der Waals surface area contributed by atoms with Gasteiger partial charge in [-0.2, -0.15) is 0 Å². The second kappa shape index (κ2) is 6.79. The van der Waals surface area contributed by atoms with Crippen LogP contribution in [0.15, 0.2) is 42.5 Å². The van der Waals surface area contributed by atoms with Gasteiger partial charge in [0.2, 0.25) is 0 Å². The molecule has 0 aliphatic heterocycles. The fourth-order valence-corrected chi connectivity index (χ4v) is 1.88. The van der Waals surface area contributed by atoms with E-state index in [0.717, 1.165) is 12.2 Å². The number of hydrogen-bond acceptors (Lipinski definition) is 4. The predicted octanol–water partition coefficient (Wildman–Crippen LogP) is 4.05. The molecule has 0 aliphatic carbocycles. The van der Waals surface area contributed by atoms with Crippen LogP contribution < -0.4 is 15.2 Å². The van der Waals surface area contributed by atoms with Crippen molar-refractivity contribution in [3.05, 3.63) is 48.0 Å². The highest BCUT2D eigenvalue weighted by molar-refractivity contribution is 5.99. The van der Waals surface area contributed by atoms with Crippen LogP contribution in [0.25, 0.3) is 0 Å². The van der Waals surface area contributed by atoms with Gasteiger partial charge in [0.15, 0.2) is 5.78 Å². The predicted molar refractivity (Wildman–Crippen MR) is 83.2 cm³/mol. The molecule has 21 heavy (non-hydrogen) atoms. The zero-order valence-electron chi connectivity index (χ0n) is 12.3. The van der Waals surface area contributed by atoms with Crippen LogP contribution in [0.3, 0.4) is 0 Å². The molecule has 0 aromatic heterocycles. The Morgan fingerprint density at radius 1 is 1.05 bits per heavy atom. The van der Waals surface area contributed by atoms with Gasteiger partial charge in [-0.25, -0.2) is 0 Å². The van der Waals surface area contributed by atoms with Crippen molar-refractivity contribution in [1.29, 1.82) is 0 Å². The summed E-state index contributed by atoms with van der Waals surface area (Å²) in [6.07, 6.45) is 0.972. The average Bonchev–Trinajstić information content (AvgIpc) is 2.46. The molecular formula is C17H19NO3. The molecule has 0 saturated heterocycles. The quantitative estimate of drug-likeness (QED) is 0.642. The SMILES string of the molecule is CCCOc1ccc(Oc2ccc(C(C)=O)c(N)c2)cc1. The number of carbonyl (C=O) groups excluding carboxylic acids is 1. The minimum atomic E-state index is -0.0588. The first-order chi connectivity index (χ1) is 10.1. The molecule has 0 atom stereocenters. The fraction of sp³-hybridized carbons (Fsp3) is 0.235. The number of ether oxygens (including phenoxy) is 2. The maximum absolute atomic E-state index is 11.3. The molecule has 0 bridgehead atoms. The minimum absolute atomic E-state index is 0.0588. The van der Waals surface area contributed by atoms with Gasteiger partial charge >= 0.3 is 0 Å². The fourth-order valence-electron chi connectivity index (χ4n) is 1.88. The van der Waals surface area contributed by atoms with Crippen molar-refractivity contribution >= 4 is 11.5 Å². The lowest BCUT2D eigenvalue weighted by Gasteiger charge is -2.09. The second-order valence-electron chi connectivity index (χ2n) is 4.73. The smallest absolute Gasteiger partial charge is 0.161 e. The Balaban J connectivity index is 2.07. The van der Waals surface area contributed by atoms with Crippen molar-refractivity contribution < 1.29 is 14.3 Å². The zero-order chi connectivity index (χ0) is 15.2. The molecule has 4 heteroatoms. The monoisotopic (exact) mass is 285 g/mol. The van der Waals surface area contributed by atoms with Crippen molar-refractivity contribution in [3.63, 3.8) is 0 Å². The van der Waals surface area contributed by atoms with Crippen LogP contribution in [0.2, 0.25) is 0 Å². The third-order valence-electron chi connectivity index (χ3n) is 2.93. The molecule has 2 rings (SSSR count). The largest absolute Gasteiger partial charge is 0.494 e. The molecule has 0 saturated carbocycles. The van der Waals surface area contributed by atoms with Crippen LogP contribution >= 0.6 is 0 Å². The van der Waals surface area contributed by atoms with Crippen LogP contribution in [0.4, 0.5) is 5.69 Å². The minimum Gasteiger partial charge on any atom is -0.494 e. The van der Waals surface area contributed by atoms with Crippen LogP contribution in [-0.2, 0) is 0 Å². The van der Waals surface area contributed by atoms with E-state index in [1.54, 1.807) is 18.2 Å². The summed E-state index contributed by atoms with van der Waals surface area (Å²) >= 11 is 0. The van der Waals surface area contributed by atoms with E-state index in [9.17, 15) is 4.79 Å². The van der Waals surface area contributed by atoms with Crippen molar-refractivity contribution in [3.8, 4) is 17.2 Å². The van der Waals surface area contributed by atoms with E-state index in [2.05, 4.69) is 6.92 Å². The second-order valence-corrected chi connectivity index (χ2v) is 4.73. The maximum Gasteiger partial charge on any atom is 0.161 e. The molecule has 2 aromatic rings. The van der Waals surface area contributed by atoms with Crippen molar-refractivity contribution in [2.45, 2.75) is 20.3 Å². The number of carbonyl (C=O) groups is 1. The summed E-state index contributed by atoms with van der Waals surface area (Å²) in [4.78, 5) is 11.3. The molecule has 0 heterocycles. The van der Waals surface area contributed by atoms with E-state index in [4.69, 9.17) is 15.2 Å². The summed E-state index contributed by atoms with van der Waals surface area (Å²) < 4.78 is 11.2. The highest BCUT2D eigenvalue weighted by Crippen LogP contribution is 2.27. The highest BCUT2D eigenvalue weighted by atomic mass is 16.5. The van der Waals surface area contributed by atoms with Gasteiger partial charge in [-0.05, 0) is 49.7 Å². The number of benzene rings is 2. The Hall–Kier alpha value is -2.49. The molecule has 2 N–H and O–H groups in total. The average molecular weight is 285 g/mol. The summed E-state index contributed by atoms with van der Waals surface area (Å²) in [7, 11) is 0. The van der Waals surface area contributed by atoms with E-state index < -0.39 is 0 Å². The van der Waals surface area contributed by atoms with Gasteiger partial charge in [-0.1, -0.05) is 6.92 Å². The molecule has 110 valence electrons. The van der Waals surface area contributed by atoms with E-state index in [1.807, 2.05) is 24.3 Å². The standard InChI is InChI=1S/C17H19NO3/c1-3-10-20-13-4-6-14(7-5-13)21-15-8-9-16(12(2)19)17(18)11-15/h4-9,11H,3,10,18H2,1-2H3. The van der Waals surface area contributed by atoms with Gasteiger partial charge in [0.25, 0.3) is 0 Å². The normalized spacial score (nSPS) is 10.2. The third-order valence-corrected chi connectivity index (χ3v) is 2.93. The lowest BCUT2D eigenvalue weighted by molar-refractivity contribution is 0.101. The van der Waals surface area contributed by atoms with Crippen LogP contribution in [0.1, 0.15) is 30.6 Å². The molecule has 4 nitrogen and oxygen atoms in total. The first-order valence-corrected chi connectivity index (χ1v) is 6.91. The summed E-state index contributed by atoms with van der Waals surface area (Å²) in [6.45, 7) is 4.25. The van der Waals surface area contributed by atoms with Gasteiger partial charge < -0.3 is 15.2 Å². The van der Waals surface area contributed by atoms with Gasteiger partial charge in [0, 0.05) is 17.3 Å². The summed E-state index contributed by atoms with van der Waals surface area (Å²) in [5.41, 5.74) is 6.76. The number of anilines is 1. The first kappa shape index (κ1) is 14.9. The number of hydrogen-bond donors (Lipinski definition) is 1. The first-order valence-electron chi connectivity index (χ1n) is 6.91. The number of rotatable bonds is 6. The number of nitrogen functional groups attached to an aromatic ring is 1. The summed E-state index contributed by atoms with van der Waals surface area (Å²) in [5, 5.41) is 0. The lowest BCUT2D eigenvalue weighted by Crippen LogP contribution is -1.99. The summed E-state index contributed by atoms with van der Waals surface area (Å²) in [5.74, 6) is 2.04. The zero-order valence-corrected chi connectivity index (χ0v) is 12.3. The number of ketones is 1. The summed E-state index contributed by atoms with van der Waals surface area (Å²) in [6, 6.07) is 12.4. The Kier molecular flexibility index (Phi) is 4.82. The molecule has 0 spiro atoms. The third kappa shape index (κ3) is 3.99. The Morgan fingerprint density at radius 3 is 2.24 bits per heavy atom. The van der Waals surface area contributed by atoms with Crippen molar-refractivity contribution in [2.75, 3.05) is 12.3 Å². The topological polar surface area (TPSA) is 61.5 Å². The van der Waals surface area contributed by atoms with Gasteiger partial charge in [-0.15, -0.1) is 0 Å². The highest BCUT2D eigenvalue weighted by Gasteiger charge is 2.06. The van der Waals surface area contributed by atoms with Crippen LogP contribution in [0.5, 0.6) is 17.2 Å². The molecule has 0 radical (unpaired) electrons. The van der Waals surface area contributed by atoms with E-state index in [1.165, 1.54) is 6.92 Å². The Labute approximate surface area is 124 Å². The number of nitrogens with two attached hydrogens (primary N) is 1. The van der Waals surface area contributed by atoms with Gasteiger partial charge in [0.05, 0.1) is 6.61 Å². The Morgan fingerprint density at radius 2 is 1.67 bits per heavy atom. The molecule has 0 unspecified atom stereocenters. The van der Waals surface area contributed by atoms with Crippen LogP contribution in [-0.4, -0.2) is 12.4 Å². The van der Waals surface area contributed by atoms with Gasteiger partial charge in [-0.3, -0.25) is 4.79 Å². The van der Waals surface area contributed by atoms with Crippen molar-refractivity contribution in [2.24, 2.45) is 0 Å². The van der Waals surface area contributed by atoms with Gasteiger partial charge in [0.1, 0.15) is 17.2 Å². The Bertz CT molecular complexity index is 620. The van der Waals surface area contributed by atoms with E-state index >= 15 is 0 Å². The molecule has 2 aromatic carbocycles. The molecule has 0 amide bonds. The molecule has 0 fully saturated rings. The van der Waals surface area contributed by atoms with E-state index in [-0.39, 0.29) is 5.78 Å².